The lowest BCUT2D eigenvalue weighted by Crippen LogP contribution is -2.31. The molecule has 0 saturated heterocycles. The molecule has 0 amide bonds. The number of hydrogen-bond acceptors (Lipinski definition) is 4. The highest BCUT2D eigenvalue weighted by molar-refractivity contribution is 7.17. The van der Waals surface area contributed by atoms with Gasteiger partial charge in [-0.05, 0) is 47.9 Å². The van der Waals surface area contributed by atoms with Crippen LogP contribution in [-0.2, 0) is 0 Å². The van der Waals surface area contributed by atoms with Crippen LogP contribution >= 0.6 is 11.3 Å². The van der Waals surface area contributed by atoms with E-state index in [4.69, 9.17) is 10.9 Å². The van der Waals surface area contributed by atoms with Crippen LogP contribution in [0.3, 0.4) is 0 Å². The Kier molecular flexibility index (Phi) is 5.07. The Balaban J connectivity index is 1.74. The Morgan fingerprint density at radius 1 is 1.33 bits per heavy atom. The molecule has 1 heterocycles. The van der Waals surface area contributed by atoms with Crippen molar-refractivity contribution >= 4 is 32.9 Å². The normalized spacial score (nSPS) is 12.8. The summed E-state index contributed by atoms with van der Waals surface area (Å²) in [5.41, 5.74) is 6.60. The Hall–Kier alpha value is -1.75. The van der Waals surface area contributed by atoms with E-state index >= 15 is 0 Å². The number of thiophene rings is 1. The lowest BCUT2D eigenvalue weighted by atomic mass is 9.86. The van der Waals surface area contributed by atoms with Crippen LogP contribution in [0.1, 0.15) is 33.1 Å². The predicted molar refractivity (Wildman–Crippen MR) is 91.4 cm³/mol. The van der Waals surface area contributed by atoms with Gasteiger partial charge in [-0.15, -0.1) is 11.3 Å². The quantitative estimate of drug-likeness (QED) is 0.235. The van der Waals surface area contributed by atoms with E-state index in [0.29, 0.717) is 5.84 Å². The molecule has 2 aromatic rings. The number of amidine groups is 1. The van der Waals surface area contributed by atoms with Crippen molar-refractivity contribution < 1.29 is 5.21 Å². The number of hydrogen-bond donors (Lipinski definition) is 3. The standard InChI is InChI=1S/C16H23N3OS/c1-16(2,15(17)19-20)8-3-4-9-18-13-5-6-14-12(11-13)7-10-21-14/h5-7,10-11,18,20H,3-4,8-9H2,1-2H3,(H2,17,19). The van der Waals surface area contributed by atoms with Gasteiger partial charge < -0.3 is 16.3 Å². The Morgan fingerprint density at radius 3 is 2.90 bits per heavy atom. The van der Waals surface area contributed by atoms with Gasteiger partial charge in [-0.3, -0.25) is 0 Å². The van der Waals surface area contributed by atoms with Gasteiger partial charge in [-0.25, -0.2) is 0 Å². The number of rotatable bonds is 7. The molecule has 0 aliphatic rings. The van der Waals surface area contributed by atoms with E-state index in [-0.39, 0.29) is 5.41 Å². The van der Waals surface area contributed by atoms with E-state index in [1.54, 1.807) is 11.3 Å². The number of fused-ring (bicyclic) bond motifs is 1. The second kappa shape index (κ2) is 6.80. The van der Waals surface area contributed by atoms with Gasteiger partial charge >= 0.3 is 0 Å². The summed E-state index contributed by atoms with van der Waals surface area (Å²) in [5.74, 6) is 0.304. The van der Waals surface area contributed by atoms with Gasteiger partial charge in [0.1, 0.15) is 5.84 Å². The van der Waals surface area contributed by atoms with Crippen molar-refractivity contribution in [2.24, 2.45) is 16.3 Å². The fraction of sp³-hybridized carbons (Fsp3) is 0.438. The molecule has 0 radical (unpaired) electrons. The van der Waals surface area contributed by atoms with Crippen molar-refractivity contribution in [2.45, 2.75) is 33.1 Å². The molecule has 114 valence electrons. The van der Waals surface area contributed by atoms with E-state index in [1.165, 1.54) is 10.1 Å². The molecule has 0 atom stereocenters. The average Bonchev–Trinajstić information content (AvgIpc) is 2.93. The molecule has 4 nitrogen and oxygen atoms in total. The van der Waals surface area contributed by atoms with Gasteiger partial charge in [-0.2, -0.15) is 0 Å². The van der Waals surface area contributed by atoms with Gasteiger partial charge in [0.2, 0.25) is 0 Å². The zero-order valence-corrected chi connectivity index (χ0v) is 13.4. The molecule has 0 saturated carbocycles. The highest BCUT2D eigenvalue weighted by Gasteiger charge is 2.22. The largest absolute Gasteiger partial charge is 0.409 e. The minimum absolute atomic E-state index is 0.246. The first kappa shape index (κ1) is 15.6. The van der Waals surface area contributed by atoms with Crippen LogP contribution in [0.25, 0.3) is 10.1 Å². The molecule has 0 aliphatic carbocycles. The molecule has 0 unspecified atom stereocenters. The Bertz CT molecular complexity index is 619. The minimum atomic E-state index is -0.246. The third-order valence-corrected chi connectivity index (χ3v) is 4.71. The number of oxime groups is 1. The lowest BCUT2D eigenvalue weighted by Gasteiger charge is -2.22. The maximum Gasteiger partial charge on any atom is 0.144 e. The Morgan fingerprint density at radius 2 is 2.14 bits per heavy atom. The molecule has 5 heteroatoms. The fourth-order valence-electron chi connectivity index (χ4n) is 2.26. The summed E-state index contributed by atoms with van der Waals surface area (Å²) >= 11 is 1.76. The van der Waals surface area contributed by atoms with Crippen LogP contribution in [0.4, 0.5) is 5.69 Å². The number of nitrogens with zero attached hydrogens (tertiary/aromatic N) is 1. The Labute approximate surface area is 129 Å². The molecule has 0 spiro atoms. The monoisotopic (exact) mass is 305 g/mol. The average molecular weight is 305 g/mol. The number of anilines is 1. The van der Waals surface area contributed by atoms with Crippen LogP contribution in [0, 0.1) is 5.41 Å². The number of benzene rings is 1. The second-order valence-electron chi connectivity index (χ2n) is 5.93. The van der Waals surface area contributed by atoms with E-state index in [9.17, 15) is 0 Å². The van der Waals surface area contributed by atoms with Gasteiger partial charge in [0, 0.05) is 22.3 Å². The van der Waals surface area contributed by atoms with E-state index in [2.05, 4.69) is 40.1 Å². The van der Waals surface area contributed by atoms with E-state index in [1.807, 2.05) is 13.8 Å². The second-order valence-corrected chi connectivity index (χ2v) is 6.87. The molecular formula is C16H23N3OS. The number of nitrogens with two attached hydrogens (primary N) is 1. The van der Waals surface area contributed by atoms with Crippen LogP contribution in [0.5, 0.6) is 0 Å². The summed E-state index contributed by atoms with van der Waals surface area (Å²) in [4.78, 5) is 0. The van der Waals surface area contributed by atoms with E-state index in [0.717, 1.165) is 31.5 Å². The van der Waals surface area contributed by atoms with Gasteiger partial charge in [0.15, 0.2) is 0 Å². The summed E-state index contributed by atoms with van der Waals surface area (Å²) in [6.45, 7) is 4.93. The van der Waals surface area contributed by atoms with Crippen molar-refractivity contribution in [3.63, 3.8) is 0 Å². The minimum Gasteiger partial charge on any atom is -0.409 e. The van der Waals surface area contributed by atoms with Gasteiger partial charge in [0.05, 0.1) is 0 Å². The van der Waals surface area contributed by atoms with Crippen molar-refractivity contribution in [1.29, 1.82) is 0 Å². The SMILES string of the molecule is CC(C)(CCCCNc1ccc2sccc2c1)/C(N)=N/O. The fourth-order valence-corrected chi connectivity index (χ4v) is 3.04. The number of unbranched alkanes of at least 4 members (excludes halogenated alkanes) is 1. The summed E-state index contributed by atoms with van der Waals surface area (Å²) < 4.78 is 1.32. The molecule has 4 N–H and O–H groups in total. The summed E-state index contributed by atoms with van der Waals surface area (Å²) in [6.07, 6.45) is 3.01. The third kappa shape index (κ3) is 4.11. The smallest absolute Gasteiger partial charge is 0.144 e. The molecule has 21 heavy (non-hydrogen) atoms. The molecule has 0 fully saturated rings. The zero-order chi connectivity index (χ0) is 15.3. The molecular weight excluding hydrogens is 282 g/mol. The first-order valence-corrected chi connectivity index (χ1v) is 8.10. The zero-order valence-electron chi connectivity index (χ0n) is 12.6. The first-order valence-electron chi connectivity index (χ1n) is 7.22. The van der Waals surface area contributed by atoms with Crippen molar-refractivity contribution in [1.82, 2.24) is 0 Å². The lowest BCUT2D eigenvalue weighted by molar-refractivity contribution is 0.304. The number of nitrogens with one attached hydrogen (secondary N) is 1. The summed E-state index contributed by atoms with van der Waals surface area (Å²) in [6, 6.07) is 8.61. The summed E-state index contributed by atoms with van der Waals surface area (Å²) in [5, 5.41) is 18.7. The van der Waals surface area contributed by atoms with Crippen molar-refractivity contribution in [3.8, 4) is 0 Å². The topological polar surface area (TPSA) is 70.6 Å². The summed E-state index contributed by atoms with van der Waals surface area (Å²) in [7, 11) is 0. The molecule has 1 aromatic carbocycles. The third-order valence-electron chi connectivity index (χ3n) is 3.81. The van der Waals surface area contributed by atoms with Crippen LogP contribution < -0.4 is 11.1 Å². The molecule has 0 bridgehead atoms. The van der Waals surface area contributed by atoms with Crippen LogP contribution in [0.2, 0.25) is 0 Å². The predicted octanol–water partition coefficient (Wildman–Crippen LogP) is 4.26. The maximum absolute atomic E-state index is 8.74. The van der Waals surface area contributed by atoms with Crippen molar-refractivity contribution in [3.05, 3.63) is 29.6 Å². The van der Waals surface area contributed by atoms with Crippen molar-refractivity contribution in [2.75, 3.05) is 11.9 Å². The van der Waals surface area contributed by atoms with Crippen LogP contribution in [0.15, 0.2) is 34.8 Å². The maximum atomic E-state index is 8.74. The van der Waals surface area contributed by atoms with Gasteiger partial charge in [0.25, 0.3) is 0 Å². The molecule has 2 rings (SSSR count). The van der Waals surface area contributed by atoms with Crippen LogP contribution in [-0.4, -0.2) is 17.6 Å². The highest BCUT2D eigenvalue weighted by Crippen LogP contribution is 2.25. The molecule has 0 aliphatic heterocycles. The first-order chi connectivity index (χ1) is 10.0. The van der Waals surface area contributed by atoms with Gasteiger partial charge in [-0.1, -0.05) is 25.4 Å². The molecule has 1 aromatic heterocycles. The highest BCUT2D eigenvalue weighted by atomic mass is 32.1. The van der Waals surface area contributed by atoms with E-state index < -0.39 is 0 Å².